The molecule has 1 aliphatic rings. The molecule has 1 saturated heterocycles. The Morgan fingerprint density at radius 1 is 0.757 bits per heavy atom. The van der Waals surface area contributed by atoms with Crippen LogP contribution in [-0.2, 0) is 19.1 Å². The number of esters is 2. The van der Waals surface area contributed by atoms with Crippen LogP contribution < -0.4 is 0 Å². The summed E-state index contributed by atoms with van der Waals surface area (Å²) in [5, 5.41) is 0.239. The van der Waals surface area contributed by atoms with Gasteiger partial charge in [0.2, 0.25) is 5.54 Å². The maximum atomic E-state index is 14.0. The fraction of sp³-hybridized carbons (Fsp3) is 0.241. The SMILES string of the molecule is CCOC(=O)C1(C(=O)OCC)[C@H](c2ccccc2Cl)[C@@H](C(=O)c2ccccc2)N1C(=O)c1ccccc1. The maximum absolute atomic E-state index is 14.0. The molecule has 1 aliphatic heterocycles. The summed E-state index contributed by atoms with van der Waals surface area (Å²) in [6.07, 6.45) is 0. The van der Waals surface area contributed by atoms with Gasteiger partial charge in [0, 0.05) is 16.1 Å². The van der Waals surface area contributed by atoms with E-state index in [1.54, 1.807) is 98.8 Å². The van der Waals surface area contributed by atoms with Gasteiger partial charge >= 0.3 is 11.9 Å². The molecule has 1 amide bonds. The van der Waals surface area contributed by atoms with E-state index in [1.165, 1.54) is 0 Å². The second kappa shape index (κ2) is 11.0. The zero-order valence-corrected chi connectivity index (χ0v) is 21.2. The molecule has 0 bridgehead atoms. The smallest absolute Gasteiger partial charge is 0.344 e. The number of hydrogen-bond donors (Lipinski definition) is 0. The number of benzene rings is 3. The molecule has 0 spiro atoms. The third kappa shape index (κ3) is 4.40. The van der Waals surface area contributed by atoms with E-state index in [0.29, 0.717) is 11.1 Å². The van der Waals surface area contributed by atoms with E-state index in [0.717, 1.165) is 4.90 Å². The number of halogens is 1. The van der Waals surface area contributed by atoms with Crippen molar-refractivity contribution in [3.8, 4) is 0 Å². The molecular weight excluding hydrogens is 494 g/mol. The molecule has 3 aromatic rings. The predicted octanol–water partition coefficient (Wildman–Crippen LogP) is 4.70. The average Bonchev–Trinajstić information content (AvgIpc) is 2.90. The summed E-state index contributed by atoms with van der Waals surface area (Å²) in [4.78, 5) is 56.5. The first kappa shape index (κ1) is 26.1. The first-order valence-corrected chi connectivity index (χ1v) is 12.3. The molecule has 190 valence electrons. The van der Waals surface area contributed by atoms with Gasteiger partial charge in [0.05, 0.1) is 19.1 Å². The molecule has 0 aromatic heterocycles. The number of likely N-dealkylation sites (tertiary alicyclic amines) is 1. The number of ether oxygens (including phenoxy) is 2. The lowest BCUT2D eigenvalue weighted by Gasteiger charge is -2.59. The molecule has 3 aromatic carbocycles. The van der Waals surface area contributed by atoms with Crippen LogP contribution in [0.4, 0.5) is 0 Å². The Labute approximate surface area is 219 Å². The van der Waals surface area contributed by atoms with Gasteiger partial charge in [-0.2, -0.15) is 0 Å². The molecule has 0 radical (unpaired) electrons. The number of ketones is 1. The summed E-state index contributed by atoms with van der Waals surface area (Å²) in [6, 6.07) is 21.9. The molecule has 4 rings (SSSR count). The summed E-state index contributed by atoms with van der Waals surface area (Å²) in [6.45, 7) is 3.07. The average molecular weight is 520 g/mol. The Bertz CT molecular complexity index is 1290. The maximum Gasteiger partial charge on any atom is 0.344 e. The van der Waals surface area contributed by atoms with E-state index in [2.05, 4.69) is 0 Å². The van der Waals surface area contributed by atoms with Gasteiger partial charge in [-0.25, -0.2) is 9.59 Å². The fourth-order valence-electron chi connectivity index (χ4n) is 4.85. The largest absolute Gasteiger partial charge is 0.464 e. The molecule has 0 saturated carbocycles. The van der Waals surface area contributed by atoms with Gasteiger partial charge < -0.3 is 14.4 Å². The van der Waals surface area contributed by atoms with Crippen LogP contribution in [0.25, 0.3) is 0 Å². The highest BCUT2D eigenvalue weighted by atomic mass is 35.5. The van der Waals surface area contributed by atoms with Crippen LogP contribution in [0.3, 0.4) is 0 Å². The van der Waals surface area contributed by atoms with Crippen LogP contribution in [0.15, 0.2) is 84.9 Å². The number of carbonyl (C=O) groups excluding carboxylic acids is 4. The lowest BCUT2D eigenvalue weighted by atomic mass is 9.62. The number of Topliss-reactive ketones (excluding diaryl/α,β-unsaturated/α-hetero) is 1. The summed E-state index contributed by atoms with van der Waals surface area (Å²) in [7, 11) is 0. The second-order valence-corrected chi connectivity index (χ2v) is 8.83. The molecule has 0 N–H and O–H groups in total. The Balaban J connectivity index is 2.01. The minimum atomic E-state index is -2.26. The number of nitrogens with zero attached hydrogens (tertiary/aromatic N) is 1. The fourth-order valence-corrected chi connectivity index (χ4v) is 5.10. The minimum Gasteiger partial charge on any atom is -0.464 e. The third-order valence-electron chi connectivity index (χ3n) is 6.40. The van der Waals surface area contributed by atoms with E-state index < -0.39 is 41.1 Å². The Morgan fingerprint density at radius 2 is 1.24 bits per heavy atom. The highest BCUT2D eigenvalue weighted by Crippen LogP contribution is 2.54. The van der Waals surface area contributed by atoms with E-state index in [1.807, 2.05) is 0 Å². The van der Waals surface area contributed by atoms with Gasteiger partial charge in [-0.1, -0.05) is 78.3 Å². The number of carbonyl (C=O) groups is 4. The molecule has 7 nitrogen and oxygen atoms in total. The molecule has 1 heterocycles. The lowest BCUT2D eigenvalue weighted by Crippen LogP contribution is -2.82. The van der Waals surface area contributed by atoms with Crippen molar-refractivity contribution in [2.45, 2.75) is 31.3 Å². The summed E-state index contributed by atoms with van der Waals surface area (Å²) < 4.78 is 10.7. The summed E-state index contributed by atoms with van der Waals surface area (Å²) >= 11 is 6.56. The van der Waals surface area contributed by atoms with Gasteiger partial charge in [-0.3, -0.25) is 9.59 Å². The number of rotatable bonds is 8. The van der Waals surface area contributed by atoms with E-state index in [4.69, 9.17) is 21.1 Å². The Hall–Kier alpha value is -3.97. The van der Waals surface area contributed by atoms with Crippen LogP contribution in [0.2, 0.25) is 5.02 Å². The first-order chi connectivity index (χ1) is 17.9. The zero-order valence-electron chi connectivity index (χ0n) is 20.4. The Morgan fingerprint density at radius 3 is 1.76 bits per heavy atom. The molecule has 2 atom stereocenters. The van der Waals surface area contributed by atoms with Crippen LogP contribution in [0.1, 0.15) is 46.0 Å². The van der Waals surface area contributed by atoms with Crippen LogP contribution in [0.5, 0.6) is 0 Å². The normalized spacial score (nSPS) is 17.9. The van der Waals surface area contributed by atoms with E-state index >= 15 is 0 Å². The summed E-state index contributed by atoms with van der Waals surface area (Å²) in [5.41, 5.74) is -1.39. The van der Waals surface area contributed by atoms with Crippen molar-refractivity contribution in [2.75, 3.05) is 13.2 Å². The lowest BCUT2D eigenvalue weighted by molar-refractivity contribution is -0.189. The zero-order chi connectivity index (χ0) is 26.6. The van der Waals surface area contributed by atoms with Gasteiger partial charge in [0.1, 0.15) is 6.04 Å². The first-order valence-electron chi connectivity index (χ1n) is 12.0. The van der Waals surface area contributed by atoms with Gasteiger partial charge in [0.15, 0.2) is 5.78 Å². The molecule has 0 aliphatic carbocycles. The van der Waals surface area contributed by atoms with Crippen molar-refractivity contribution < 1.29 is 28.7 Å². The van der Waals surface area contributed by atoms with Crippen molar-refractivity contribution in [2.24, 2.45) is 0 Å². The standard InChI is InChI=1S/C29H26ClNO6/c1-3-36-27(34)29(28(35)37-4-2)23(21-17-11-12-18-22(21)30)24(25(32)19-13-7-5-8-14-19)31(29)26(33)20-15-9-6-10-16-20/h5-18,23-24H,3-4H2,1-2H3/t23-,24+/m1/s1. The molecular formula is C29H26ClNO6. The van der Waals surface area contributed by atoms with Gasteiger partial charge in [-0.05, 0) is 37.6 Å². The van der Waals surface area contributed by atoms with Gasteiger partial charge in [-0.15, -0.1) is 0 Å². The molecule has 0 unspecified atom stereocenters. The molecule has 37 heavy (non-hydrogen) atoms. The van der Waals surface area contributed by atoms with Gasteiger partial charge in [0.25, 0.3) is 5.91 Å². The van der Waals surface area contributed by atoms with E-state index in [9.17, 15) is 19.2 Å². The topological polar surface area (TPSA) is 90.0 Å². The van der Waals surface area contributed by atoms with Crippen molar-refractivity contribution >= 4 is 35.2 Å². The van der Waals surface area contributed by atoms with Crippen LogP contribution >= 0.6 is 11.6 Å². The number of hydrogen-bond acceptors (Lipinski definition) is 6. The van der Waals surface area contributed by atoms with E-state index in [-0.39, 0.29) is 23.8 Å². The quantitative estimate of drug-likeness (QED) is 0.243. The molecule has 8 heteroatoms. The van der Waals surface area contributed by atoms with Crippen LogP contribution in [-0.4, -0.2) is 53.3 Å². The molecule has 1 fully saturated rings. The highest BCUT2D eigenvalue weighted by Gasteiger charge is 2.75. The van der Waals surface area contributed by atoms with Crippen molar-refractivity contribution in [1.29, 1.82) is 0 Å². The summed E-state index contributed by atoms with van der Waals surface area (Å²) in [5.74, 6) is -4.25. The van der Waals surface area contributed by atoms with Crippen LogP contribution in [0, 0.1) is 0 Å². The Kier molecular flexibility index (Phi) is 7.74. The van der Waals surface area contributed by atoms with Crippen molar-refractivity contribution in [1.82, 2.24) is 4.90 Å². The van der Waals surface area contributed by atoms with Crippen molar-refractivity contribution in [3.05, 3.63) is 107 Å². The second-order valence-electron chi connectivity index (χ2n) is 8.42. The third-order valence-corrected chi connectivity index (χ3v) is 6.75. The minimum absolute atomic E-state index is 0.0557. The predicted molar refractivity (Wildman–Crippen MR) is 137 cm³/mol. The number of amides is 1. The highest BCUT2D eigenvalue weighted by molar-refractivity contribution is 6.32. The van der Waals surface area contributed by atoms with Crippen molar-refractivity contribution in [3.63, 3.8) is 0 Å². The monoisotopic (exact) mass is 519 g/mol.